The highest BCUT2D eigenvalue weighted by atomic mass is 16.5. The molecule has 0 saturated heterocycles. The standard InChI is InChI=1S/C12H15NO5/c1-17-10(14)7-9(12(16)18-2)13-11(15)8-5-3-4-6-8/h3-6,8-9H,7H2,1-2H3,(H,13,15)/t9-/m0/s1. The van der Waals surface area contributed by atoms with Crippen molar-refractivity contribution in [2.75, 3.05) is 14.2 Å². The van der Waals surface area contributed by atoms with Gasteiger partial charge < -0.3 is 14.8 Å². The molecule has 0 heterocycles. The zero-order valence-electron chi connectivity index (χ0n) is 10.2. The molecule has 1 amide bonds. The number of carbonyl (C=O) groups excluding carboxylic acids is 3. The number of allylic oxidation sites excluding steroid dienone is 2. The first-order valence-corrected chi connectivity index (χ1v) is 5.38. The number of methoxy groups -OCH3 is 2. The Morgan fingerprint density at radius 3 is 2.28 bits per heavy atom. The molecule has 0 aliphatic heterocycles. The van der Waals surface area contributed by atoms with Crippen LogP contribution in [0.25, 0.3) is 0 Å². The molecule has 18 heavy (non-hydrogen) atoms. The fourth-order valence-corrected chi connectivity index (χ4v) is 1.46. The summed E-state index contributed by atoms with van der Waals surface area (Å²) in [6, 6.07) is -1.03. The average Bonchev–Trinajstić information content (AvgIpc) is 2.90. The van der Waals surface area contributed by atoms with E-state index in [2.05, 4.69) is 14.8 Å². The molecule has 1 aliphatic carbocycles. The summed E-state index contributed by atoms with van der Waals surface area (Å²) < 4.78 is 8.98. The van der Waals surface area contributed by atoms with Gasteiger partial charge in [-0.3, -0.25) is 9.59 Å². The maximum absolute atomic E-state index is 11.8. The highest BCUT2D eigenvalue weighted by Crippen LogP contribution is 2.09. The first-order chi connectivity index (χ1) is 8.58. The molecule has 0 radical (unpaired) electrons. The van der Waals surface area contributed by atoms with E-state index in [0.29, 0.717) is 0 Å². The van der Waals surface area contributed by atoms with E-state index in [-0.39, 0.29) is 12.3 Å². The molecular formula is C12H15NO5. The van der Waals surface area contributed by atoms with Gasteiger partial charge in [-0.05, 0) is 0 Å². The minimum absolute atomic E-state index is 0.255. The molecule has 1 atom stereocenters. The zero-order chi connectivity index (χ0) is 13.5. The van der Waals surface area contributed by atoms with Crippen LogP contribution in [0.15, 0.2) is 24.3 Å². The Hall–Kier alpha value is -2.11. The summed E-state index contributed by atoms with van der Waals surface area (Å²) in [6.07, 6.45) is 6.58. The lowest BCUT2D eigenvalue weighted by Crippen LogP contribution is -2.44. The molecule has 1 rings (SSSR count). The van der Waals surface area contributed by atoms with Gasteiger partial charge in [-0.25, -0.2) is 4.79 Å². The van der Waals surface area contributed by atoms with Gasteiger partial charge in [0, 0.05) is 0 Å². The molecule has 6 heteroatoms. The Morgan fingerprint density at radius 1 is 1.17 bits per heavy atom. The van der Waals surface area contributed by atoms with Gasteiger partial charge in [0.1, 0.15) is 6.04 Å². The maximum atomic E-state index is 11.8. The minimum atomic E-state index is -1.03. The lowest BCUT2D eigenvalue weighted by atomic mass is 10.1. The summed E-state index contributed by atoms with van der Waals surface area (Å²) in [5.41, 5.74) is 0. The van der Waals surface area contributed by atoms with E-state index >= 15 is 0 Å². The van der Waals surface area contributed by atoms with Gasteiger partial charge in [-0.2, -0.15) is 0 Å². The fourth-order valence-electron chi connectivity index (χ4n) is 1.46. The number of carbonyl (C=O) groups is 3. The van der Waals surface area contributed by atoms with Crippen molar-refractivity contribution in [1.29, 1.82) is 0 Å². The third-order valence-electron chi connectivity index (χ3n) is 2.45. The average molecular weight is 253 g/mol. The van der Waals surface area contributed by atoms with E-state index in [1.54, 1.807) is 24.3 Å². The third kappa shape index (κ3) is 3.73. The van der Waals surface area contributed by atoms with E-state index in [1.165, 1.54) is 14.2 Å². The molecule has 0 aromatic rings. The molecule has 1 aliphatic rings. The van der Waals surface area contributed by atoms with E-state index in [1.807, 2.05) is 0 Å². The molecule has 6 nitrogen and oxygen atoms in total. The first-order valence-electron chi connectivity index (χ1n) is 5.38. The van der Waals surface area contributed by atoms with Gasteiger partial charge in [-0.15, -0.1) is 0 Å². The van der Waals surface area contributed by atoms with Crippen LogP contribution >= 0.6 is 0 Å². The van der Waals surface area contributed by atoms with Gasteiger partial charge in [0.05, 0.1) is 26.6 Å². The smallest absolute Gasteiger partial charge is 0.328 e. The zero-order valence-corrected chi connectivity index (χ0v) is 10.2. The van der Waals surface area contributed by atoms with Crippen molar-refractivity contribution in [2.45, 2.75) is 12.5 Å². The Morgan fingerprint density at radius 2 is 1.78 bits per heavy atom. The molecule has 0 bridgehead atoms. The summed E-state index contributed by atoms with van der Waals surface area (Å²) in [4.78, 5) is 34.3. The fraction of sp³-hybridized carbons (Fsp3) is 0.417. The second-order valence-corrected chi connectivity index (χ2v) is 3.66. The number of rotatable bonds is 5. The predicted octanol–water partition coefficient (Wildman–Crippen LogP) is -0.0505. The quantitative estimate of drug-likeness (QED) is 0.695. The number of esters is 2. The monoisotopic (exact) mass is 253 g/mol. The number of ether oxygens (including phenoxy) is 2. The van der Waals surface area contributed by atoms with Crippen LogP contribution in [-0.4, -0.2) is 38.1 Å². The van der Waals surface area contributed by atoms with Gasteiger partial charge in [0.15, 0.2) is 0 Å². The number of amides is 1. The lowest BCUT2D eigenvalue weighted by molar-refractivity contribution is -0.150. The summed E-state index contributed by atoms with van der Waals surface area (Å²) >= 11 is 0. The molecule has 0 spiro atoms. The number of nitrogens with one attached hydrogen (secondary N) is 1. The van der Waals surface area contributed by atoms with Gasteiger partial charge in [0.2, 0.25) is 5.91 Å². The van der Waals surface area contributed by atoms with Crippen LogP contribution in [0, 0.1) is 5.92 Å². The van der Waals surface area contributed by atoms with Gasteiger partial charge in [0.25, 0.3) is 0 Å². The van der Waals surface area contributed by atoms with Crippen molar-refractivity contribution in [1.82, 2.24) is 5.32 Å². The maximum Gasteiger partial charge on any atom is 0.328 e. The van der Waals surface area contributed by atoms with Crippen molar-refractivity contribution in [3.63, 3.8) is 0 Å². The normalized spacial score (nSPS) is 15.2. The Balaban J connectivity index is 2.62. The van der Waals surface area contributed by atoms with Crippen LogP contribution in [0.2, 0.25) is 0 Å². The second-order valence-electron chi connectivity index (χ2n) is 3.66. The summed E-state index contributed by atoms with van der Waals surface area (Å²) in [5.74, 6) is -2.06. The summed E-state index contributed by atoms with van der Waals surface area (Å²) in [6.45, 7) is 0. The Kier molecular flexibility index (Phi) is 5.10. The number of hydrogen-bond acceptors (Lipinski definition) is 5. The third-order valence-corrected chi connectivity index (χ3v) is 2.45. The van der Waals surface area contributed by atoms with E-state index < -0.39 is 23.9 Å². The first kappa shape index (κ1) is 14.0. The molecule has 0 aromatic carbocycles. The van der Waals surface area contributed by atoms with Crippen molar-refractivity contribution < 1.29 is 23.9 Å². The minimum Gasteiger partial charge on any atom is -0.469 e. The van der Waals surface area contributed by atoms with Crippen LogP contribution in [0.5, 0.6) is 0 Å². The summed E-state index contributed by atoms with van der Waals surface area (Å²) in [5, 5.41) is 2.46. The Labute approximate surface area is 105 Å². The molecule has 0 fully saturated rings. The van der Waals surface area contributed by atoms with Crippen molar-refractivity contribution >= 4 is 17.8 Å². The second kappa shape index (κ2) is 6.58. The molecule has 1 N–H and O–H groups in total. The SMILES string of the molecule is COC(=O)C[C@H](NC(=O)C1C=CC=C1)C(=O)OC. The number of hydrogen-bond donors (Lipinski definition) is 1. The van der Waals surface area contributed by atoms with Crippen LogP contribution in [0.1, 0.15) is 6.42 Å². The Bertz CT molecular complexity index is 387. The van der Waals surface area contributed by atoms with Gasteiger partial charge in [-0.1, -0.05) is 24.3 Å². The highest BCUT2D eigenvalue weighted by Gasteiger charge is 2.27. The molecule has 98 valence electrons. The lowest BCUT2D eigenvalue weighted by Gasteiger charge is -2.16. The summed E-state index contributed by atoms with van der Waals surface area (Å²) in [7, 11) is 2.40. The molecule has 0 aromatic heterocycles. The molecule has 0 unspecified atom stereocenters. The van der Waals surface area contributed by atoms with E-state index in [0.717, 1.165) is 0 Å². The molecular weight excluding hydrogens is 238 g/mol. The highest BCUT2D eigenvalue weighted by molar-refractivity contribution is 5.90. The predicted molar refractivity (Wildman–Crippen MR) is 62.3 cm³/mol. The van der Waals surface area contributed by atoms with Crippen LogP contribution < -0.4 is 5.32 Å². The van der Waals surface area contributed by atoms with Crippen LogP contribution in [0.3, 0.4) is 0 Å². The van der Waals surface area contributed by atoms with Crippen molar-refractivity contribution in [3.8, 4) is 0 Å². The van der Waals surface area contributed by atoms with E-state index in [9.17, 15) is 14.4 Å². The van der Waals surface area contributed by atoms with Crippen LogP contribution in [0.4, 0.5) is 0 Å². The largest absolute Gasteiger partial charge is 0.469 e. The van der Waals surface area contributed by atoms with Crippen molar-refractivity contribution in [3.05, 3.63) is 24.3 Å². The van der Waals surface area contributed by atoms with Crippen LogP contribution in [-0.2, 0) is 23.9 Å². The molecule has 0 saturated carbocycles. The van der Waals surface area contributed by atoms with Gasteiger partial charge >= 0.3 is 11.9 Å². The van der Waals surface area contributed by atoms with E-state index in [4.69, 9.17) is 0 Å². The van der Waals surface area contributed by atoms with Crippen molar-refractivity contribution in [2.24, 2.45) is 5.92 Å². The topological polar surface area (TPSA) is 81.7 Å².